The molecule has 2 aromatic carbocycles. The van der Waals surface area contributed by atoms with E-state index in [1.54, 1.807) is 6.92 Å². The molecule has 0 bridgehead atoms. The van der Waals surface area contributed by atoms with Crippen LogP contribution in [0, 0.1) is 0 Å². The monoisotopic (exact) mass is 528 g/mol. The van der Waals surface area contributed by atoms with Crippen molar-refractivity contribution in [2.75, 3.05) is 6.61 Å². The molecule has 0 radical (unpaired) electrons. The fourth-order valence-electron chi connectivity index (χ4n) is 5.03. The first kappa shape index (κ1) is 28.6. The second-order valence-corrected chi connectivity index (χ2v) is 14.7. The van der Waals surface area contributed by atoms with E-state index in [0.717, 1.165) is 10.4 Å². The predicted molar refractivity (Wildman–Crippen MR) is 140 cm³/mol. The summed E-state index contributed by atoms with van der Waals surface area (Å²) in [6, 6.07) is 20.1. The van der Waals surface area contributed by atoms with E-state index in [4.69, 9.17) is 23.4 Å². The third-order valence-electron chi connectivity index (χ3n) is 6.56. The van der Waals surface area contributed by atoms with Crippen LogP contribution in [0.5, 0.6) is 0 Å². The van der Waals surface area contributed by atoms with Gasteiger partial charge in [-0.1, -0.05) is 81.4 Å². The lowest BCUT2D eigenvalue weighted by Gasteiger charge is -2.44. The highest BCUT2D eigenvalue weighted by Crippen LogP contribution is 2.41. The van der Waals surface area contributed by atoms with Crippen molar-refractivity contribution in [3.63, 3.8) is 0 Å². The maximum absolute atomic E-state index is 12.2. The number of carbonyl (C=O) groups excluding carboxylic acids is 3. The molecular weight excluding hydrogens is 492 g/mol. The second-order valence-electron chi connectivity index (χ2n) is 10.4. The summed E-state index contributed by atoms with van der Waals surface area (Å²) in [5, 5.41) is 1.82. The fourth-order valence-corrected chi connectivity index (χ4v) is 9.58. The third kappa shape index (κ3) is 5.95. The summed E-state index contributed by atoms with van der Waals surface area (Å²) in [6.45, 7) is 11.7. The summed E-state index contributed by atoms with van der Waals surface area (Å²) in [4.78, 5) is 35.9. The molecular formula is C28H36O8Si. The van der Waals surface area contributed by atoms with E-state index in [1.807, 2.05) is 36.4 Å². The number of hydrogen-bond donors (Lipinski definition) is 0. The molecule has 4 atom stereocenters. The molecule has 9 heteroatoms. The minimum absolute atomic E-state index is 0.00735. The Morgan fingerprint density at radius 1 is 0.838 bits per heavy atom. The van der Waals surface area contributed by atoms with Crippen LogP contribution in [0.25, 0.3) is 0 Å². The van der Waals surface area contributed by atoms with Crippen LogP contribution in [0.3, 0.4) is 0 Å². The first-order valence-electron chi connectivity index (χ1n) is 12.3. The molecule has 0 N–H and O–H groups in total. The van der Waals surface area contributed by atoms with Crippen molar-refractivity contribution in [2.24, 2.45) is 0 Å². The Labute approximate surface area is 219 Å². The van der Waals surface area contributed by atoms with Crippen molar-refractivity contribution in [3.8, 4) is 0 Å². The molecule has 0 saturated carbocycles. The van der Waals surface area contributed by atoms with Gasteiger partial charge in [0.05, 0.1) is 6.61 Å². The molecule has 200 valence electrons. The van der Waals surface area contributed by atoms with Crippen LogP contribution >= 0.6 is 0 Å². The molecule has 2 aromatic rings. The van der Waals surface area contributed by atoms with Gasteiger partial charge in [-0.05, 0) is 22.3 Å². The Morgan fingerprint density at radius 2 is 1.32 bits per heavy atom. The van der Waals surface area contributed by atoms with Crippen LogP contribution in [0.15, 0.2) is 60.7 Å². The zero-order valence-corrected chi connectivity index (χ0v) is 23.5. The lowest BCUT2D eigenvalue weighted by molar-refractivity contribution is -0.198. The smallest absolute Gasteiger partial charge is 0.305 e. The standard InChI is InChI=1S/C28H36O8Si/c1-19(29)33-25-26(34-20(2)30)35-24(28(25,7)36-21(3)31)18-32-37(27(4,5)6,22-14-10-8-11-15-22)23-16-12-9-13-17-23/h8-17,24-26H,18H2,1-7H3/t24-,25+,26+,28-/m1/s1. The van der Waals surface area contributed by atoms with Gasteiger partial charge < -0.3 is 23.4 Å². The summed E-state index contributed by atoms with van der Waals surface area (Å²) >= 11 is 0. The van der Waals surface area contributed by atoms with Crippen molar-refractivity contribution < 1.29 is 37.8 Å². The highest BCUT2D eigenvalue weighted by Gasteiger charge is 2.61. The Hall–Kier alpha value is -3.01. The van der Waals surface area contributed by atoms with Gasteiger partial charge in [-0.2, -0.15) is 0 Å². The first-order valence-corrected chi connectivity index (χ1v) is 14.2. The largest absolute Gasteiger partial charge is 0.452 e. The molecule has 1 saturated heterocycles. The van der Waals surface area contributed by atoms with E-state index in [0.29, 0.717) is 0 Å². The van der Waals surface area contributed by atoms with Gasteiger partial charge in [-0.3, -0.25) is 14.4 Å². The van der Waals surface area contributed by atoms with Crippen molar-refractivity contribution in [2.45, 2.75) is 77.6 Å². The number of rotatable bonds is 8. The SMILES string of the molecule is CC(=O)O[C@H]1O[C@H](CO[Si](c2ccccc2)(c2ccccc2)C(C)(C)C)[C@@](C)(OC(C)=O)[C@H]1OC(C)=O. The van der Waals surface area contributed by atoms with E-state index >= 15 is 0 Å². The average Bonchev–Trinajstić information content (AvgIpc) is 3.04. The van der Waals surface area contributed by atoms with Crippen molar-refractivity contribution >= 4 is 36.6 Å². The molecule has 3 rings (SSSR count). The fraction of sp³-hybridized carbons (Fsp3) is 0.464. The van der Waals surface area contributed by atoms with E-state index in [9.17, 15) is 14.4 Å². The Morgan fingerprint density at radius 3 is 1.73 bits per heavy atom. The summed E-state index contributed by atoms with van der Waals surface area (Å²) < 4.78 is 29.6. The van der Waals surface area contributed by atoms with Crippen LogP contribution < -0.4 is 10.4 Å². The lowest BCUT2D eigenvalue weighted by atomic mass is 9.94. The van der Waals surface area contributed by atoms with E-state index in [1.165, 1.54) is 20.8 Å². The summed E-state index contributed by atoms with van der Waals surface area (Å²) in [6.07, 6.45) is -3.34. The highest BCUT2D eigenvalue weighted by atomic mass is 28.4. The number of carbonyl (C=O) groups is 3. The van der Waals surface area contributed by atoms with Gasteiger partial charge in [0.15, 0.2) is 5.60 Å². The van der Waals surface area contributed by atoms with Crippen molar-refractivity contribution in [1.82, 2.24) is 0 Å². The third-order valence-corrected chi connectivity index (χ3v) is 11.6. The maximum atomic E-state index is 12.2. The molecule has 0 aromatic heterocycles. The van der Waals surface area contributed by atoms with Gasteiger partial charge in [0.25, 0.3) is 8.32 Å². The second kappa shape index (κ2) is 11.2. The number of ether oxygens (including phenoxy) is 4. The first-order chi connectivity index (χ1) is 17.3. The Kier molecular flexibility index (Phi) is 8.62. The molecule has 37 heavy (non-hydrogen) atoms. The molecule has 1 heterocycles. The van der Waals surface area contributed by atoms with Gasteiger partial charge in [-0.25, -0.2) is 0 Å². The topological polar surface area (TPSA) is 97.4 Å². The van der Waals surface area contributed by atoms with Crippen LogP contribution in [0.4, 0.5) is 0 Å². The van der Waals surface area contributed by atoms with Crippen molar-refractivity contribution in [3.05, 3.63) is 60.7 Å². The summed E-state index contributed by atoms with van der Waals surface area (Å²) in [5.74, 6) is -1.85. The highest BCUT2D eigenvalue weighted by molar-refractivity contribution is 6.99. The molecule has 0 aliphatic carbocycles. The van der Waals surface area contributed by atoms with Gasteiger partial charge in [0.1, 0.15) is 6.10 Å². The Balaban J connectivity index is 2.09. The van der Waals surface area contributed by atoms with Gasteiger partial charge in [-0.15, -0.1) is 0 Å². The van der Waals surface area contributed by atoms with Gasteiger partial charge in [0.2, 0.25) is 12.4 Å². The maximum Gasteiger partial charge on any atom is 0.305 e. The number of hydrogen-bond acceptors (Lipinski definition) is 8. The minimum Gasteiger partial charge on any atom is -0.452 e. The lowest BCUT2D eigenvalue weighted by Crippen LogP contribution is -2.67. The van der Waals surface area contributed by atoms with E-state index < -0.39 is 50.3 Å². The zero-order chi connectivity index (χ0) is 27.4. The van der Waals surface area contributed by atoms with Gasteiger partial charge >= 0.3 is 17.9 Å². The van der Waals surface area contributed by atoms with Crippen LogP contribution in [0.2, 0.25) is 5.04 Å². The minimum atomic E-state index is -2.96. The molecule has 8 nitrogen and oxygen atoms in total. The van der Waals surface area contributed by atoms with Gasteiger partial charge in [0, 0.05) is 20.8 Å². The Bertz CT molecular complexity index is 1060. The average molecular weight is 529 g/mol. The molecule has 1 aliphatic rings. The van der Waals surface area contributed by atoms with Crippen LogP contribution in [-0.2, 0) is 37.8 Å². The molecule has 1 fully saturated rings. The predicted octanol–water partition coefficient (Wildman–Crippen LogP) is 3.10. The van der Waals surface area contributed by atoms with E-state index in [-0.39, 0.29) is 11.6 Å². The zero-order valence-electron chi connectivity index (χ0n) is 22.5. The van der Waals surface area contributed by atoms with E-state index in [2.05, 4.69) is 45.0 Å². The molecule has 0 amide bonds. The normalized spacial score (nSPS) is 23.8. The molecule has 1 aliphatic heterocycles. The van der Waals surface area contributed by atoms with Crippen molar-refractivity contribution in [1.29, 1.82) is 0 Å². The van der Waals surface area contributed by atoms with Crippen LogP contribution in [-0.4, -0.2) is 56.9 Å². The molecule has 0 unspecified atom stereocenters. The quantitative estimate of drug-likeness (QED) is 0.293. The number of esters is 3. The summed E-state index contributed by atoms with van der Waals surface area (Å²) in [5.41, 5.74) is -1.47. The molecule has 0 spiro atoms. The number of benzene rings is 2. The van der Waals surface area contributed by atoms with Crippen LogP contribution in [0.1, 0.15) is 48.5 Å². The summed E-state index contributed by atoms with van der Waals surface area (Å²) in [7, 11) is -2.96.